The van der Waals surface area contributed by atoms with E-state index < -0.39 is 0 Å². The summed E-state index contributed by atoms with van der Waals surface area (Å²) in [5.41, 5.74) is 2.89. The second-order valence-corrected chi connectivity index (χ2v) is 5.37. The van der Waals surface area contributed by atoms with Gasteiger partial charge in [0.05, 0.1) is 11.6 Å². The molecule has 0 aromatic heterocycles. The first-order valence-corrected chi connectivity index (χ1v) is 7.06. The van der Waals surface area contributed by atoms with Crippen molar-refractivity contribution in [3.63, 3.8) is 0 Å². The SMILES string of the molecule is COc1ccc(C(=O)NCc2ccc(C)cc2)cc1Br. The van der Waals surface area contributed by atoms with Gasteiger partial charge in [0.15, 0.2) is 0 Å². The molecule has 20 heavy (non-hydrogen) atoms. The number of nitrogens with one attached hydrogen (secondary N) is 1. The lowest BCUT2D eigenvalue weighted by Gasteiger charge is -2.08. The standard InChI is InChI=1S/C16H16BrNO2/c1-11-3-5-12(6-4-11)10-18-16(19)13-7-8-15(20-2)14(17)9-13/h3-9H,10H2,1-2H3,(H,18,19). The lowest BCUT2D eigenvalue weighted by molar-refractivity contribution is 0.0951. The maximum atomic E-state index is 12.1. The van der Waals surface area contributed by atoms with Crippen LogP contribution in [-0.2, 0) is 6.54 Å². The second-order valence-electron chi connectivity index (χ2n) is 4.52. The van der Waals surface area contributed by atoms with Gasteiger partial charge in [-0.3, -0.25) is 4.79 Å². The number of benzene rings is 2. The molecule has 0 aliphatic rings. The van der Waals surface area contributed by atoms with Crippen LogP contribution in [0.1, 0.15) is 21.5 Å². The van der Waals surface area contributed by atoms with E-state index in [1.807, 2.05) is 31.2 Å². The summed E-state index contributed by atoms with van der Waals surface area (Å²) in [6.07, 6.45) is 0. The van der Waals surface area contributed by atoms with E-state index in [0.29, 0.717) is 17.9 Å². The van der Waals surface area contributed by atoms with Crippen molar-refractivity contribution < 1.29 is 9.53 Å². The number of halogens is 1. The number of carbonyl (C=O) groups is 1. The first-order chi connectivity index (χ1) is 9.60. The number of aryl methyl sites for hydroxylation is 1. The Bertz CT molecular complexity index is 608. The van der Waals surface area contributed by atoms with Gasteiger partial charge in [0, 0.05) is 12.1 Å². The third kappa shape index (κ3) is 3.61. The zero-order chi connectivity index (χ0) is 14.5. The van der Waals surface area contributed by atoms with Gasteiger partial charge >= 0.3 is 0 Å². The molecule has 0 unspecified atom stereocenters. The fourth-order valence-electron chi connectivity index (χ4n) is 1.80. The number of rotatable bonds is 4. The highest BCUT2D eigenvalue weighted by Crippen LogP contribution is 2.25. The maximum absolute atomic E-state index is 12.1. The lowest BCUT2D eigenvalue weighted by Crippen LogP contribution is -2.22. The Morgan fingerprint density at radius 1 is 1.20 bits per heavy atom. The summed E-state index contributed by atoms with van der Waals surface area (Å²) in [7, 11) is 1.59. The van der Waals surface area contributed by atoms with Crippen LogP contribution < -0.4 is 10.1 Å². The molecule has 0 atom stereocenters. The first kappa shape index (κ1) is 14.6. The highest BCUT2D eigenvalue weighted by molar-refractivity contribution is 9.10. The minimum absolute atomic E-state index is 0.103. The summed E-state index contributed by atoms with van der Waals surface area (Å²) in [5.74, 6) is 0.606. The summed E-state index contributed by atoms with van der Waals surface area (Å²) in [6.45, 7) is 2.56. The Kier molecular flexibility index (Phi) is 4.79. The number of hydrogen-bond acceptors (Lipinski definition) is 2. The molecule has 0 saturated heterocycles. The third-order valence-electron chi connectivity index (χ3n) is 2.99. The van der Waals surface area contributed by atoms with Crippen molar-refractivity contribution in [1.29, 1.82) is 0 Å². The van der Waals surface area contributed by atoms with Crippen molar-refractivity contribution in [2.75, 3.05) is 7.11 Å². The van der Waals surface area contributed by atoms with Crippen molar-refractivity contribution in [2.24, 2.45) is 0 Å². The molecule has 2 rings (SSSR count). The van der Waals surface area contributed by atoms with Gasteiger partial charge in [0.25, 0.3) is 5.91 Å². The summed E-state index contributed by atoms with van der Waals surface area (Å²) in [4.78, 5) is 12.1. The molecule has 1 N–H and O–H groups in total. The minimum Gasteiger partial charge on any atom is -0.496 e. The van der Waals surface area contributed by atoms with Crippen molar-refractivity contribution in [3.05, 3.63) is 63.6 Å². The Morgan fingerprint density at radius 2 is 1.90 bits per heavy atom. The maximum Gasteiger partial charge on any atom is 0.251 e. The van der Waals surface area contributed by atoms with Crippen LogP contribution in [0.15, 0.2) is 46.9 Å². The van der Waals surface area contributed by atoms with Gasteiger partial charge in [-0.1, -0.05) is 29.8 Å². The van der Waals surface area contributed by atoms with E-state index in [1.54, 1.807) is 25.3 Å². The minimum atomic E-state index is -0.103. The molecule has 0 aliphatic heterocycles. The number of amides is 1. The van der Waals surface area contributed by atoms with Crippen LogP contribution in [0, 0.1) is 6.92 Å². The monoisotopic (exact) mass is 333 g/mol. The third-order valence-corrected chi connectivity index (χ3v) is 3.61. The summed E-state index contributed by atoms with van der Waals surface area (Å²) >= 11 is 3.37. The van der Waals surface area contributed by atoms with Gasteiger partial charge in [-0.25, -0.2) is 0 Å². The fourth-order valence-corrected chi connectivity index (χ4v) is 2.34. The summed E-state index contributed by atoms with van der Waals surface area (Å²) < 4.78 is 5.91. The highest BCUT2D eigenvalue weighted by atomic mass is 79.9. The topological polar surface area (TPSA) is 38.3 Å². The molecular weight excluding hydrogens is 318 g/mol. The first-order valence-electron chi connectivity index (χ1n) is 6.27. The van der Waals surface area contributed by atoms with Gasteiger partial charge in [0.1, 0.15) is 5.75 Å². The molecule has 0 radical (unpaired) electrons. The second kappa shape index (κ2) is 6.57. The smallest absolute Gasteiger partial charge is 0.251 e. The zero-order valence-electron chi connectivity index (χ0n) is 11.4. The van der Waals surface area contributed by atoms with E-state index in [2.05, 4.69) is 21.2 Å². The molecule has 4 heteroatoms. The molecule has 104 valence electrons. The molecule has 1 amide bonds. The van der Waals surface area contributed by atoms with Crippen LogP contribution >= 0.6 is 15.9 Å². The molecule has 3 nitrogen and oxygen atoms in total. The predicted molar refractivity (Wildman–Crippen MR) is 83.0 cm³/mol. The largest absolute Gasteiger partial charge is 0.496 e. The number of hydrogen-bond donors (Lipinski definition) is 1. The van der Waals surface area contributed by atoms with Gasteiger partial charge < -0.3 is 10.1 Å². The van der Waals surface area contributed by atoms with Gasteiger partial charge in [-0.05, 0) is 46.6 Å². The lowest BCUT2D eigenvalue weighted by atomic mass is 10.1. The van der Waals surface area contributed by atoms with Crippen LogP contribution in [0.5, 0.6) is 5.75 Å². The summed E-state index contributed by atoms with van der Waals surface area (Å²) in [5, 5.41) is 2.90. The molecule has 0 heterocycles. The van der Waals surface area contributed by atoms with Crippen molar-refractivity contribution in [3.8, 4) is 5.75 Å². The van der Waals surface area contributed by atoms with Crippen molar-refractivity contribution in [1.82, 2.24) is 5.32 Å². The van der Waals surface area contributed by atoms with E-state index in [9.17, 15) is 4.79 Å². The molecule has 0 aliphatic carbocycles. The Hall–Kier alpha value is -1.81. The van der Waals surface area contributed by atoms with E-state index in [0.717, 1.165) is 10.0 Å². The van der Waals surface area contributed by atoms with E-state index in [4.69, 9.17) is 4.74 Å². The average Bonchev–Trinajstić information content (AvgIpc) is 2.46. The van der Waals surface area contributed by atoms with Crippen LogP contribution in [0.4, 0.5) is 0 Å². The molecule has 2 aromatic rings. The van der Waals surface area contributed by atoms with Crippen LogP contribution in [-0.4, -0.2) is 13.0 Å². The Balaban J connectivity index is 2.01. The number of carbonyl (C=O) groups excluding carboxylic acids is 1. The van der Waals surface area contributed by atoms with Gasteiger partial charge in [-0.15, -0.1) is 0 Å². The molecule has 0 fully saturated rings. The van der Waals surface area contributed by atoms with Crippen molar-refractivity contribution in [2.45, 2.75) is 13.5 Å². The van der Waals surface area contributed by atoms with Gasteiger partial charge in [-0.2, -0.15) is 0 Å². The Labute approximate surface area is 127 Å². The van der Waals surface area contributed by atoms with Crippen LogP contribution in [0.2, 0.25) is 0 Å². The fraction of sp³-hybridized carbons (Fsp3) is 0.188. The van der Waals surface area contributed by atoms with E-state index >= 15 is 0 Å². The zero-order valence-corrected chi connectivity index (χ0v) is 13.0. The van der Waals surface area contributed by atoms with Crippen molar-refractivity contribution >= 4 is 21.8 Å². The number of ether oxygens (including phenoxy) is 1. The van der Waals surface area contributed by atoms with Crippen LogP contribution in [0.3, 0.4) is 0 Å². The average molecular weight is 334 g/mol. The normalized spacial score (nSPS) is 10.2. The predicted octanol–water partition coefficient (Wildman–Crippen LogP) is 3.70. The van der Waals surface area contributed by atoms with Gasteiger partial charge in [0.2, 0.25) is 0 Å². The molecule has 0 saturated carbocycles. The van der Waals surface area contributed by atoms with E-state index in [-0.39, 0.29) is 5.91 Å². The summed E-state index contributed by atoms with van der Waals surface area (Å²) in [6, 6.07) is 13.4. The Morgan fingerprint density at radius 3 is 2.50 bits per heavy atom. The van der Waals surface area contributed by atoms with Crippen LogP contribution in [0.25, 0.3) is 0 Å². The quantitative estimate of drug-likeness (QED) is 0.926. The number of methoxy groups -OCH3 is 1. The molecule has 0 spiro atoms. The van der Waals surface area contributed by atoms with E-state index in [1.165, 1.54) is 5.56 Å². The molecule has 0 bridgehead atoms. The highest BCUT2D eigenvalue weighted by Gasteiger charge is 2.08. The molecule has 2 aromatic carbocycles. The molecular formula is C16H16BrNO2.